The summed E-state index contributed by atoms with van der Waals surface area (Å²) in [5.74, 6) is 0.898. The number of nitrogens with one attached hydrogen (secondary N) is 2. The largest absolute Gasteiger partial charge is 0.373 e. The molecule has 1 fully saturated rings. The van der Waals surface area contributed by atoms with Crippen LogP contribution in [-0.2, 0) is 11.3 Å². The Hall–Kier alpha value is -1.59. The van der Waals surface area contributed by atoms with Gasteiger partial charge in [-0.15, -0.1) is 0 Å². The summed E-state index contributed by atoms with van der Waals surface area (Å²) in [6.45, 7) is 14.2. The zero-order valence-corrected chi connectivity index (χ0v) is 16.2. The Morgan fingerprint density at radius 3 is 2.60 bits per heavy atom. The van der Waals surface area contributed by atoms with Crippen molar-refractivity contribution < 1.29 is 4.74 Å². The van der Waals surface area contributed by atoms with Gasteiger partial charge in [-0.1, -0.05) is 24.3 Å². The smallest absolute Gasteiger partial charge is 0.191 e. The maximum Gasteiger partial charge on any atom is 0.191 e. The van der Waals surface area contributed by atoms with Crippen LogP contribution in [0.1, 0.15) is 38.3 Å². The van der Waals surface area contributed by atoms with Gasteiger partial charge in [-0.2, -0.15) is 0 Å². The highest BCUT2D eigenvalue weighted by atomic mass is 16.5. The van der Waals surface area contributed by atoms with Crippen molar-refractivity contribution >= 4 is 5.96 Å². The van der Waals surface area contributed by atoms with Gasteiger partial charge in [0.05, 0.1) is 18.8 Å². The van der Waals surface area contributed by atoms with Crippen molar-refractivity contribution in [3.63, 3.8) is 0 Å². The molecule has 25 heavy (non-hydrogen) atoms. The molecule has 140 valence electrons. The van der Waals surface area contributed by atoms with Gasteiger partial charge >= 0.3 is 0 Å². The molecule has 0 aromatic heterocycles. The van der Waals surface area contributed by atoms with Crippen LogP contribution in [0.5, 0.6) is 0 Å². The zero-order chi connectivity index (χ0) is 18.1. The molecule has 2 unspecified atom stereocenters. The Labute approximate surface area is 152 Å². The molecule has 1 aliphatic rings. The summed E-state index contributed by atoms with van der Waals surface area (Å²) in [5.41, 5.74) is 2.56. The highest BCUT2D eigenvalue weighted by Gasteiger charge is 2.21. The van der Waals surface area contributed by atoms with Crippen LogP contribution < -0.4 is 10.6 Å². The van der Waals surface area contributed by atoms with Crippen molar-refractivity contribution in [1.82, 2.24) is 15.5 Å². The van der Waals surface area contributed by atoms with Crippen molar-refractivity contribution in [2.45, 2.75) is 52.9 Å². The topological polar surface area (TPSA) is 48.9 Å². The van der Waals surface area contributed by atoms with E-state index < -0.39 is 0 Å². The van der Waals surface area contributed by atoms with Gasteiger partial charge in [-0.25, -0.2) is 4.99 Å². The van der Waals surface area contributed by atoms with Crippen molar-refractivity contribution in [1.29, 1.82) is 0 Å². The highest BCUT2D eigenvalue weighted by Crippen LogP contribution is 2.10. The first-order valence-corrected chi connectivity index (χ1v) is 9.53. The summed E-state index contributed by atoms with van der Waals surface area (Å²) in [6.07, 6.45) is 1.78. The molecule has 0 saturated carbocycles. The fraction of sp³-hybridized carbons (Fsp3) is 0.650. The molecule has 1 aliphatic heterocycles. The third-order valence-electron chi connectivity index (χ3n) is 4.45. The summed E-state index contributed by atoms with van der Waals surface area (Å²) >= 11 is 0. The van der Waals surface area contributed by atoms with E-state index in [2.05, 4.69) is 67.5 Å². The van der Waals surface area contributed by atoms with E-state index in [0.29, 0.717) is 18.8 Å². The fourth-order valence-electron chi connectivity index (χ4n) is 3.27. The monoisotopic (exact) mass is 346 g/mol. The van der Waals surface area contributed by atoms with Crippen LogP contribution in [0, 0.1) is 6.92 Å². The summed E-state index contributed by atoms with van der Waals surface area (Å²) < 4.78 is 5.79. The van der Waals surface area contributed by atoms with Crippen LogP contribution >= 0.6 is 0 Å². The Morgan fingerprint density at radius 1 is 1.20 bits per heavy atom. The van der Waals surface area contributed by atoms with Gasteiger partial charge in [0, 0.05) is 32.7 Å². The second kappa shape index (κ2) is 10.4. The van der Waals surface area contributed by atoms with Crippen LogP contribution in [0.2, 0.25) is 0 Å². The minimum Gasteiger partial charge on any atom is -0.373 e. The number of hydrogen-bond donors (Lipinski definition) is 2. The molecule has 2 atom stereocenters. The molecule has 1 aromatic rings. The van der Waals surface area contributed by atoms with Crippen molar-refractivity contribution in [3.05, 3.63) is 35.4 Å². The number of guanidine groups is 1. The van der Waals surface area contributed by atoms with Crippen molar-refractivity contribution in [3.8, 4) is 0 Å². The number of aryl methyl sites for hydroxylation is 1. The third-order valence-corrected chi connectivity index (χ3v) is 4.45. The molecule has 1 aromatic carbocycles. The van der Waals surface area contributed by atoms with Gasteiger partial charge in [0.2, 0.25) is 0 Å². The SMILES string of the molecule is CCNC(=NCc1ccccc1C)NCCCN1CC(C)OC(C)C1. The minimum absolute atomic E-state index is 0.338. The zero-order valence-electron chi connectivity index (χ0n) is 16.2. The van der Waals surface area contributed by atoms with Crippen LogP contribution in [0.25, 0.3) is 0 Å². The Morgan fingerprint density at radius 2 is 1.92 bits per heavy atom. The molecule has 1 heterocycles. The van der Waals surface area contributed by atoms with Crippen molar-refractivity contribution in [2.75, 3.05) is 32.7 Å². The lowest BCUT2D eigenvalue weighted by Gasteiger charge is -2.35. The molecule has 2 rings (SSSR count). The van der Waals surface area contributed by atoms with E-state index in [1.807, 2.05) is 0 Å². The maximum atomic E-state index is 5.79. The summed E-state index contributed by atoms with van der Waals surface area (Å²) in [6, 6.07) is 8.42. The number of benzene rings is 1. The number of nitrogens with zero attached hydrogens (tertiary/aromatic N) is 2. The standard InChI is InChI=1S/C20H34N4O/c1-5-21-20(23-13-19-10-7-6-9-16(19)2)22-11-8-12-24-14-17(3)25-18(4)15-24/h6-7,9-10,17-18H,5,8,11-15H2,1-4H3,(H2,21,22,23). The first-order valence-electron chi connectivity index (χ1n) is 9.53. The summed E-state index contributed by atoms with van der Waals surface area (Å²) in [4.78, 5) is 7.21. The summed E-state index contributed by atoms with van der Waals surface area (Å²) in [5, 5.41) is 6.78. The molecule has 0 spiro atoms. The maximum absolute atomic E-state index is 5.79. The number of hydrogen-bond acceptors (Lipinski definition) is 3. The second-order valence-electron chi connectivity index (χ2n) is 6.92. The molecule has 2 N–H and O–H groups in total. The Bertz CT molecular complexity index is 536. The molecule has 0 radical (unpaired) electrons. The van der Waals surface area contributed by atoms with E-state index in [9.17, 15) is 0 Å². The molecule has 0 aliphatic carbocycles. The average molecular weight is 347 g/mol. The molecular formula is C20H34N4O. The Kier molecular flexibility index (Phi) is 8.22. The molecule has 0 amide bonds. The number of morpholine rings is 1. The second-order valence-corrected chi connectivity index (χ2v) is 6.92. The van der Waals surface area contributed by atoms with E-state index in [1.165, 1.54) is 11.1 Å². The van der Waals surface area contributed by atoms with Gasteiger partial charge in [-0.05, 0) is 45.2 Å². The van der Waals surface area contributed by atoms with E-state index >= 15 is 0 Å². The van der Waals surface area contributed by atoms with Gasteiger partial charge in [0.1, 0.15) is 0 Å². The van der Waals surface area contributed by atoms with Crippen molar-refractivity contribution in [2.24, 2.45) is 4.99 Å². The lowest BCUT2D eigenvalue weighted by molar-refractivity contribution is -0.0679. The predicted molar refractivity (Wildman–Crippen MR) is 105 cm³/mol. The quantitative estimate of drug-likeness (QED) is 0.453. The molecule has 5 heteroatoms. The lowest BCUT2D eigenvalue weighted by atomic mass is 10.1. The predicted octanol–water partition coefficient (Wildman–Crippen LogP) is 2.55. The number of aliphatic imine (C=N–C) groups is 1. The average Bonchev–Trinajstić information content (AvgIpc) is 2.57. The molecular weight excluding hydrogens is 312 g/mol. The van der Waals surface area contributed by atoms with Crippen LogP contribution in [-0.4, -0.2) is 55.8 Å². The van der Waals surface area contributed by atoms with Crippen LogP contribution in [0.3, 0.4) is 0 Å². The van der Waals surface area contributed by atoms with E-state index in [1.54, 1.807) is 0 Å². The molecule has 5 nitrogen and oxygen atoms in total. The van der Waals surface area contributed by atoms with Gasteiger partial charge in [-0.3, -0.25) is 4.90 Å². The van der Waals surface area contributed by atoms with E-state index in [-0.39, 0.29) is 0 Å². The summed E-state index contributed by atoms with van der Waals surface area (Å²) in [7, 11) is 0. The first-order chi connectivity index (χ1) is 12.1. The molecule has 1 saturated heterocycles. The Balaban J connectivity index is 1.75. The highest BCUT2D eigenvalue weighted by molar-refractivity contribution is 5.79. The minimum atomic E-state index is 0.338. The van der Waals surface area contributed by atoms with E-state index in [4.69, 9.17) is 9.73 Å². The van der Waals surface area contributed by atoms with Gasteiger partial charge < -0.3 is 15.4 Å². The fourth-order valence-corrected chi connectivity index (χ4v) is 3.27. The normalized spacial score (nSPS) is 22.0. The van der Waals surface area contributed by atoms with Gasteiger partial charge in [0.25, 0.3) is 0 Å². The van der Waals surface area contributed by atoms with Gasteiger partial charge in [0.15, 0.2) is 5.96 Å². The van der Waals surface area contributed by atoms with Crippen LogP contribution in [0.4, 0.5) is 0 Å². The number of ether oxygens (including phenoxy) is 1. The third kappa shape index (κ3) is 7.04. The number of rotatable bonds is 7. The first kappa shape index (κ1) is 19.7. The van der Waals surface area contributed by atoms with Crippen LogP contribution in [0.15, 0.2) is 29.3 Å². The lowest BCUT2D eigenvalue weighted by Crippen LogP contribution is -2.46. The molecule has 0 bridgehead atoms. The van der Waals surface area contributed by atoms with E-state index in [0.717, 1.165) is 45.1 Å².